The molecule has 26 heavy (non-hydrogen) atoms. The van der Waals surface area contributed by atoms with Gasteiger partial charge in [0.05, 0.1) is 11.4 Å². The van der Waals surface area contributed by atoms with Gasteiger partial charge in [-0.1, -0.05) is 22.9 Å². The second-order valence-corrected chi connectivity index (χ2v) is 6.39. The molecule has 0 saturated carbocycles. The van der Waals surface area contributed by atoms with Crippen molar-refractivity contribution in [3.63, 3.8) is 0 Å². The average molecular weight is 377 g/mol. The van der Waals surface area contributed by atoms with Gasteiger partial charge in [0, 0.05) is 11.1 Å². The monoisotopic (exact) mass is 376 g/mol. The van der Waals surface area contributed by atoms with Gasteiger partial charge in [-0.05, 0) is 36.8 Å². The molecule has 4 rings (SSSR count). The summed E-state index contributed by atoms with van der Waals surface area (Å²) in [6, 6.07) is 5.88. The summed E-state index contributed by atoms with van der Waals surface area (Å²) >= 11 is 6.12. The van der Waals surface area contributed by atoms with Crippen molar-refractivity contribution in [2.75, 3.05) is 9.91 Å². The lowest BCUT2D eigenvalue weighted by atomic mass is 10.1. The first-order valence-corrected chi connectivity index (χ1v) is 8.05. The Balaban J connectivity index is 1.71. The fourth-order valence-electron chi connectivity index (χ4n) is 2.98. The van der Waals surface area contributed by atoms with Gasteiger partial charge in [0.1, 0.15) is 0 Å². The van der Waals surface area contributed by atoms with Crippen LogP contribution >= 0.6 is 11.6 Å². The quantitative estimate of drug-likeness (QED) is 0.754. The van der Waals surface area contributed by atoms with Crippen molar-refractivity contribution in [1.82, 2.24) is 0 Å². The van der Waals surface area contributed by atoms with E-state index in [9.17, 15) is 18.4 Å². The molecule has 132 valence electrons. The van der Waals surface area contributed by atoms with Crippen molar-refractivity contribution >= 4 is 34.8 Å². The molecule has 2 aromatic rings. The second-order valence-electron chi connectivity index (χ2n) is 5.98. The van der Waals surface area contributed by atoms with Crippen LogP contribution in [0, 0.1) is 18.6 Å². The average Bonchev–Trinajstić information content (AvgIpc) is 3.14. The van der Waals surface area contributed by atoms with E-state index < -0.39 is 35.5 Å². The number of fused-ring (bicyclic) bond motifs is 1. The third-order valence-electron chi connectivity index (χ3n) is 4.36. The van der Waals surface area contributed by atoms with Crippen LogP contribution in [-0.2, 0) is 9.59 Å². The molecule has 2 aliphatic rings. The molecular weight excluding hydrogens is 366 g/mol. The molecule has 1 fully saturated rings. The number of nitrogens with zero attached hydrogens (tertiary/aromatic N) is 4. The van der Waals surface area contributed by atoms with Gasteiger partial charge in [-0.2, -0.15) is 5.11 Å². The predicted octanol–water partition coefficient (Wildman–Crippen LogP) is 3.42. The van der Waals surface area contributed by atoms with Gasteiger partial charge in [0.15, 0.2) is 23.7 Å². The van der Waals surface area contributed by atoms with Crippen LogP contribution in [0.5, 0.6) is 0 Å². The third-order valence-corrected chi connectivity index (χ3v) is 4.77. The number of rotatable bonds is 2. The van der Waals surface area contributed by atoms with Crippen LogP contribution in [0.1, 0.15) is 5.56 Å². The number of benzene rings is 2. The standard InChI is InChI=1S/C17H11ClF2N4O2/c1-8-2-3-10(6-11(8)18)24-15-14(21-22-24)16(25)23(17(15)26)9-4-5-12(19)13(20)7-9/h2-7,14-15H,1H3/t14-,15-/m1/s1. The molecule has 0 bridgehead atoms. The van der Waals surface area contributed by atoms with E-state index >= 15 is 0 Å². The maximum absolute atomic E-state index is 13.5. The summed E-state index contributed by atoms with van der Waals surface area (Å²) in [5, 5.41) is 9.60. The molecule has 1 saturated heterocycles. The van der Waals surface area contributed by atoms with Gasteiger partial charge < -0.3 is 0 Å². The molecular formula is C17H11ClF2N4O2. The predicted molar refractivity (Wildman–Crippen MR) is 90.0 cm³/mol. The maximum Gasteiger partial charge on any atom is 0.263 e. The van der Waals surface area contributed by atoms with Crippen molar-refractivity contribution in [2.45, 2.75) is 19.0 Å². The fourth-order valence-corrected chi connectivity index (χ4v) is 3.15. The number of carbonyl (C=O) groups excluding carboxylic acids is 2. The van der Waals surface area contributed by atoms with Gasteiger partial charge >= 0.3 is 0 Å². The lowest BCUT2D eigenvalue weighted by Crippen LogP contribution is -2.40. The first-order chi connectivity index (χ1) is 12.4. The number of hydrogen-bond donors (Lipinski definition) is 0. The Labute approximate surface area is 151 Å². The van der Waals surface area contributed by atoms with Crippen LogP contribution in [0.3, 0.4) is 0 Å². The van der Waals surface area contributed by atoms with Crippen molar-refractivity contribution in [3.05, 3.63) is 58.6 Å². The van der Waals surface area contributed by atoms with Gasteiger partial charge in [-0.15, -0.1) is 0 Å². The van der Waals surface area contributed by atoms with Crippen molar-refractivity contribution in [2.24, 2.45) is 10.3 Å². The van der Waals surface area contributed by atoms with Crippen LogP contribution in [0.15, 0.2) is 46.7 Å². The highest BCUT2D eigenvalue weighted by molar-refractivity contribution is 6.31. The van der Waals surface area contributed by atoms with Crippen LogP contribution in [0.4, 0.5) is 20.2 Å². The minimum Gasteiger partial charge on any atom is -0.271 e. The molecule has 0 aliphatic carbocycles. The first kappa shape index (κ1) is 16.6. The van der Waals surface area contributed by atoms with Crippen molar-refractivity contribution in [1.29, 1.82) is 0 Å². The van der Waals surface area contributed by atoms with Gasteiger partial charge in [-0.25, -0.2) is 18.7 Å². The molecule has 6 nitrogen and oxygen atoms in total. The number of carbonyl (C=O) groups is 2. The lowest BCUT2D eigenvalue weighted by Gasteiger charge is -2.21. The number of hydrogen-bond acceptors (Lipinski definition) is 5. The molecule has 0 N–H and O–H groups in total. The van der Waals surface area contributed by atoms with Crippen molar-refractivity contribution < 1.29 is 18.4 Å². The fraction of sp³-hybridized carbons (Fsp3) is 0.176. The van der Waals surface area contributed by atoms with Gasteiger partial charge in [0.2, 0.25) is 0 Å². The highest BCUT2D eigenvalue weighted by Gasteiger charge is 2.55. The molecule has 2 atom stereocenters. The Kier molecular flexibility index (Phi) is 3.73. The highest BCUT2D eigenvalue weighted by atomic mass is 35.5. The third kappa shape index (κ3) is 2.37. The lowest BCUT2D eigenvalue weighted by molar-refractivity contribution is -0.121. The Bertz CT molecular complexity index is 981. The summed E-state index contributed by atoms with van der Waals surface area (Å²) in [5.74, 6) is -3.48. The van der Waals surface area contributed by atoms with E-state index in [1.54, 1.807) is 18.2 Å². The van der Waals surface area contributed by atoms with Gasteiger partial charge in [0.25, 0.3) is 11.8 Å². The van der Waals surface area contributed by atoms with E-state index in [4.69, 9.17) is 11.6 Å². The summed E-state index contributed by atoms with van der Waals surface area (Å²) in [4.78, 5) is 26.2. The Morgan fingerprint density at radius 2 is 1.73 bits per heavy atom. The van der Waals surface area contributed by atoms with Gasteiger partial charge in [-0.3, -0.25) is 9.59 Å². The SMILES string of the molecule is Cc1ccc(N2N=N[C@H]3C(=O)N(c4ccc(F)c(F)c4)C(=O)[C@@H]32)cc1Cl. The number of imide groups is 1. The van der Waals surface area contributed by atoms with E-state index in [2.05, 4.69) is 10.3 Å². The molecule has 0 unspecified atom stereocenters. The summed E-state index contributed by atoms with van der Waals surface area (Å²) in [7, 11) is 0. The molecule has 2 aromatic carbocycles. The second kappa shape index (κ2) is 5.84. The molecule has 0 radical (unpaired) electrons. The number of anilines is 2. The van der Waals surface area contributed by atoms with E-state index in [-0.39, 0.29) is 5.69 Å². The zero-order chi connectivity index (χ0) is 18.6. The minimum absolute atomic E-state index is 0.0506. The molecule has 2 heterocycles. The van der Waals surface area contributed by atoms with E-state index in [1.165, 1.54) is 11.1 Å². The van der Waals surface area contributed by atoms with Crippen LogP contribution in [0.2, 0.25) is 5.02 Å². The van der Waals surface area contributed by atoms with E-state index in [0.717, 1.165) is 22.6 Å². The van der Waals surface area contributed by atoms with Crippen LogP contribution < -0.4 is 9.91 Å². The highest BCUT2D eigenvalue weighted by Crippen LogP contribution is 2.36. The summed E-state index contributed by atoms with van der Waals surface area (Å²) in [5.41, 5.74) is 1.30. The molecule has 0 spiro atoms. The summed E-state index contributed by atoms with van der Waals surface area (Å²) in [6.45, 7) is 1.83. The van der Waals surface area contributed by atoms with Crippen LogP contribution in [0.25, 0.3) is 0 Å². The normalized spacial score (nSPS) is 21.7. The Hall–Kier alpha value is -2.87. The minimum atomic E-state index is -1.15. The zero-order valence-electron chi connectivity index (χ0n) is 13.4. The molecule has 9 heteroatoms. The summed E-state index contributed by atoms with van der Waals surface area (Å²) in [6.07, 6.45) is 0. The summed E-state index contributed by atoms with van der Waals surface area (Å²) < 4.78 is 26.7. The van der Waals surface area contributed by atoms with E-state index in [1.807, 2.05) is 6.92 Å². The number of aryl methyl sites for hydroxylation is 1. The van der Waals surface area contributed by atoms with Crippen LogP contribution in [-0.4, -0.2) is 23.9 Å². The first-order valence-electron chi connectivity index (χ1n) is 7.67. The largest absolute Gasteiger partial charge is 0.271 e. The topological polar surface area (TPSA) is 65.3 Å². The Morgan fingerprint density at radius 1 is 1.00 bits per heavy atom. The Morgan fingerprint density at radius 3 is 2.42 bits per heavy atom. The number of halogens is 3. The van der Waals surface area contributed by atoms with E-state index in [0.29, 0.717) is 10.7 Å². The van der Waals surface area contributed by atoms with Crippen molar-refractivity contribution in [3.8, 4) is 0 Å². The maximum atomic E-state index is 13.5. The number of amides is 2. The molecule has 0 aromatic heterocycles. The smallest absolute Gasteiger partial charge is 0.263 e. The zero-order valence-corrected chi connectivity index (χ0v) is 14.1. The molecule has 2 aliphatic heterocycles. The molecule has 2 amide bonds.